The van der Waals surface area contributed by atoms with Crippen molar-refractivity contribution in [1.82, 2.24) is 4.31 Å². The van der Waals surface area contributed by atoms with Crippen LogP contribution in [0.1, 0.15) is 6.92 Å². The van der Waals surface area contributed by atoms with Gasteiger partial charge in [-0.05, 0) is 43.3 Å². The zero-order valence-corrected chi connectivity index (χ0v) is 20.6. The summed E-state index contributed by atoms with van der Waals surface area (Å²) in [6.45, 7) is 3.04. The molecule has 0 unspecified atom stereocenters. The molecule has 1 atom stereocenters. The van der Waals surface area contributed by atoms with E-state index in [1.807, 2.05) is 6.07 Å². The van der Waals surface area contributed by atoms with Crippen LogP contribution in [0.5, 0.6) is 17.2 Å². The highest BCUT2D eigenvalue weighted by Gasteiger charge is 2.27. The molecule has 1 aliphatic heterocycles. The van der Waals surface area contributed by atoms with Crippen molar-refractivity contribution in [1.29, 1.82) is 0 Å². The van der Waals surface area contributed by atoms with Crippen LogP contribution < -0.4 is 19.5 Å². The molecule has 0 aliphatic carbocycles. The number of sulfonamides is 1. The number of nitrogens with one attached hydrogen (secondary N) is 1. The predicted molar refractivity (Wildman–Crippen MR) is 126 cm³/mol. The lowest BCUT2D eigenvalue weighted by Gasteiger charge is -2.26. The number of hydrogen-bond donors (Lipinski definition) is 1. The Bertz CT molecular complexity index is 1090. The van der Waals surface area contributed by atoms with E-state index in [9.17, 15) is 13.2 Å². The molecule has 1 N–H and O–H groups in total. The maximum absolute atomic E-state index is 13.0. The lowest BCUT2D eigenvalue weighted by molar-refractivity contribution is -0.115. The van der Waals surface area contributed by atoms with Gasteiger partial charge in [0.2, 0.25) is 15.9 Å². The number of benzene rings is 2. The minimum absolute atomic E-state index is 0.0840. The van der Waals surface area contributed by atoms with Gasteiger partial charge < -0.3 is 24.3 Å². The summed E-state index contributed by atoms with van der Waals surface area (Å²) in [7, 11) is 0.854. The maximum atomic E-state index is 13.0. The molecule has 0 bridgehead atoms. The third-order valence-electron chi connectivity index (χ3n) is 5.07. The van der Waals surface area contributed by atoms with Gasteiger partial charge >= 0.3 is 0 Å². The Kier molecular flexibility index (Phi) is 8.46. The van der Waals surface area contributed by atoms with E-state index in [2.05, 4.69) is 5.32 Å². The molecule has 0 spiro atoms. The van der Waals surface area contributed by atoms with Gasteiger partial charge in [-0.3, -0.25) is 4.79 Å². The van der Waals surface area contributed by atoms with Crippen molar-refractivity contribution in [3.05, 3.63) is 36.4 Å². The third-order valence-corrected chi connectivity index (χ3v) is 8.06. The smallest absolute Gasteiger partial charge is 0.243 e. The lowest BCUT2D eigenvalue weighted by atomic mass is 10.3. The van der Waals surface area contributed by atoms with Gasteiger partial charge in [-0.25, -0.2) is 8.42 Å². The second-order valence-corrected chi connectivity index (χ2v) is 10.5. The first kappa shape index (κ1) is 25.2. The molecule has 1 saturated heterocycles. The summed E-state index contributed by atoms with van der Waals surface area (Å²) in [4.78, 5) is 13.8. The fourth-order valence-electron chi connectivity index (χ4n) is 3.26. The molecule has 3 rings (SSSR count). The quantitative estimate of drug-likeness (QED) is 0.529. The van der Waals surface area contributed by atoms with Crippen LogP contribution >= 0.6 is 11.8 Å². The zero-order valence-electron chi connectivity index (χ0n) is 19.0. The number of carbonyl (C=O) groups is 1. The van der Waals surface area contributed by atoms with Crippen molar-refractivity contribution < 1.29 is 32.2 Å². The topological polar surface area (TPSA) is 103 Å². The van der Waals surface area contributed by atoms with Crippen LogP contribution in [0, 0.1) is 0 Å². The van der Waals surface area contributed by atoms with Gasteiger partial charge in [0.05, 0.1) is 50.4 Å². The van der Waals surface area contributed by atoms with Crippen molar-refractivity contribution >= 4 is 33.4 Å². The van der Waals surface area contributed by atoms with Crippen molar-refractivity contribution in [2.45, 2.75) is 22.0 Å². The molecule has 0 radical (unpaired) electrons. The monoisotopic (exact) mass is 496 g/mol. The van der Waals surface area contributed by atoms with Gasteiger partial charge in [-0.2, -0.15) is 4.31 Å². The second kappa shape index (κ2) is 11.1. The third kappa shape index (κ3) is 5.91. The highest BCUT2D eigenvalue weighted by molar-refractivity contribution is 8.00. The number of hydrogen-bond acceptors (Lipinski definition) is 8. The average molecular weight is 497 g/mol. The molecular weight excluding hydrogens is 468 g/mol. The minimum Gasteiger partial charge on any atom is -0.495 e. The number of rotatable bonds is 9. The average Bonchev–Trinajstić information content (AvgIpc) is 2.84. The first-order valence-electron chi connectivity index (χ1n) is 10.3. The minimum atomic E-state index is -3.71. The number of ether oxygens (including phenoxy) is 4. The highest BCUT2D eigenvalue weighted by atomic mass is 32.2. The van der Waals surface area contributed by atoms with E-state index in [1.165, 1.54) is 41.4 Å². The van der Waals surface area contributed by atoms with Crippen molar-refractivity contribution in [3.8, 4) is 17.2 Å². The number of carbonyl (C=O) groups excluding carboxylic acids is 1. The molecule has 0 saturated carbocycles. The van der Waals surface area contributed by atoms with E-state index >= 15 is 0 Å². The van der Waals surface area contributed by atoms with E-state index in [1.54, 1.807) is 33.3 Å². The maximum Gasteiger partial charge on any atom is 0.243 e. The summed E-state index contributed by atoms with van der Waals surface area (Å²) in [5.74, 6) is 1.24. The number of amides is 1. The summed E-state index contributed by atoms with van der Waals surface area (Å²) < 4.78 is 48.5. The summed E-state index contributed by atoms with van der Waals surface area (Å²) in [6.07, 6.45) is 0. The number of nitrogens with zero attached hydrogens (tertiary/aromatic N) is 1. The van der Waals surface area contributed by atoms with E-state index in [0.29, 0.717) is 30.5 Å². The summed E-state index contributed by atoms with van der Waals surface area (Å²) in [5.41, 5.74) is 0.289. The molecule has 1 amide bonds. The lowest BCUT2D eigenvalue weighted by Crippen LogP contribution is -2.40. The standard InChI is InChI=1S/C22H28N2O7S2/c1-15(32-16-5-7-20(29-3)21(13-16)30-4)22(25)23-18-14-17(6-8-19(18)28-2)33(26,27)24-9-11-31-12-10-24/h5-8,13-15H,9-12H2,1-4H3,(H,23,25)/t15-/m1/s1. The van der Waals surface area contributed by atoms with Crippen LogP contribution in [0.2, 0.25) is 0 Å². The van der Waals surface area contributed by atoms with E-state index < -0.39 is 15.3 Å². The molecular formula is C22H28N2O7S2. The zero-order chi connectivity index (χ0) is 24.0. The van der Waals surface area contributed by atoms with Gasteiger partial charge in [0.15, 0.2) is 11.5 Å². The first-order valence-corrected chi connectivity index (χ1v) is 12.6. The Morgan fingerprint density at radius 3 is 2.27 bits per heavy atom. The number of methoxy groups -OCH3 is 3. The van der Waals surface area contributed by atoms with Crippen molar-refractivity contribution in [3.63, 3.8) is 0 Å². The Labute approximate surface area is 198 Å². The van der Waals surface area contributed by atoms with Crippen molar-refractivity contribution in [2.75, 3.05) is 52.9 Å². The molecule has 1 fully saturated rings. The first-order chi connectivity index (χ1) is 15.8. The van der Waals surface area contributed by atoms with Crippen LogP contribution in [0.25, 0.3) is 0 Å². The molecule has 33 heavy (non-hydrogen) atoms. The molecule has 2 aromatic rings. The normalized spacial score (nSPS) is 15.5. The summed E-state index contributed by atoms with van der Waals surface area (Å²) in [6, 6.07) is 9.84. The molecule has 0 aromatic heterocycles. The van der Waals surface area contributed by atoms with E-state index in [-0.39, 0.29) is 29.6 Å². The Morgan fingerprint density at radius 2 is 1.64 bits per heavy atom. The van der Waals surface area contributed by atoms with Gasteiger partial charge in [-0.1, -0.05) is 0 Å². The SMILES string of the molecule is COc1ccc(S(=O)(=O)N2CCOCC2)cc1NC(=O)[C@@H](C)Sc1ccc(OC)c(OC)c1. The van der Waals surface area contributed by atoms with Crippen LogP contribution in [0.3, 0.4) is 0 Å². The van der Waals surface area contributed by atoms with Gasteiger partial charge in [0, 0.05) is 18.0 Å². The predicted octanol–water partition coefficient (Wildman–Crippen LogP) is 2.85. The van der Waals surface area contributed by atoms with E-state index in [0.717, 1.165) is 4.90 Å². The van der Waals surface area contributed by atoms with Crippen LogP contribution in [-0.2, 0) is 19.6 Å². The fraction of sp³-hybridized carbons (Fsp3) is 0.409. The van der Waals surface area contributed by atoms with Gasteiger partial charge in [-0.15, -0.1) is 11.8 Å². The molecule has 1 aliphatic rings. The molecule has 2 aromatic carbocycles. The second-order valence-electron chi connectivity index (χ2n) is 7.14. The molecule has 1 heterocycles. The fourth-order valence-corrected chi connectivity index (χ4v) is 5.59. The van der Waals surface area contributed by atoms with Gasteiger partial charge in [0.25, 0.3) is 0 Å². The number of thioether (sulfide) groups is 1. The highest BCUT2D eigenvalue weighted by Crippen LogP contribution is 2.35. The van der Waals surface area contributed by atoms with Crippen LogP contribution in [0.4, 0.5) is 5.69 Å². The number of anilines is 1. The molecule has 9 nitrogen and oxygen atoms in total. The Balaban J connectivity index is 1.77. The van der Waals surface area contributed by atoms with Gasteiger partial charge in [0.1, 0.15) is 5.75 Å². The Morgan fingerprint density at radius 1 is 1.00 bits per heavy atom. The summed E-state index contributed by atoms with van der Waals surface area (Å²) in [5, 5.41) is 2.32. The number of morpholine rings is 1. The molecule has 11 heteroatoms. The van der Waals surface area contributed by atoms with E-state index in [4.69, 9.17) is 18.9 Å². The van der Waals surface area contributed by atoms with Crippen LogP contribution in [-0.4, -0.2) is 71.5 Å². The summed E-state index contributed by atoms with van der Waals surface area (Å²) >= 11 is 1.34. The Hall–Kier alpha value is -2.47. The van der Waals surface area contributed by atoms with Crippen LogP contribution in [0.15, 0.2) is 46.2 Å². The largest absolute Gasteiger partial charge is 0.495 e. The molecule has 180 valence electrons. The van der Waals surface area contributed by atoms with Crippen molar-refractivity contribution in [2.24, 2.45) is 0 Å².